The molecular formula is C16H18ClN3O4. The SMILES string of the molecule is COCc1noc([C@@H]2CN(C(=O)c3cccc(Cl)c3)C[C@H]2CO)n1. The van der Waals surface area contributed by atoms with Gasteiger partial charge in [0.1, 0.15) is 6.61 Å². The van der Waals surface area contributed by atoms with Crippen LogP contribution >= 0.6 is 11.6 Å². The second-order valence-electron chi connectivity index (χ2n) is 5.75. The topological polar surface area (TPSA) is 88.7 Å². The molecule has 1 aliphatic rings. The highest BCUT2D eigenvalue weighted by Crippen LogP contribution is 2.32. The van der Waals surface area contributed by atoms with Crippen molar-refractivity contribution in [3.8, 4) is 0 Å². The molecule has 0 saturated carbocycles. The highest BCUT2D eigenvalue weighted by Gasteiger charge is 2.39. The predicted molar refractivity (Wildman–Crippen MR) is 85.7 cm³/mol. The standard InChI is InChI=1S/C16H18ClN3O4/c1-23-9-14-18-15(24-19-14)13-7-20(6-11(13)8-21)16(22)10-3-2-4-12(17)5-10/h2-5,11,13,21H,6-9H2,1H3/t11-,13+/m0/s1. The Morgan fingerprint density at radius 2 is 2.33 bits per heavy atom. The lowest BCUT2D eigenvalue weighted by molar-refractivity contribution is 0.0781. The van der Waals surface area contributed by atoms with E-state index in [4.69, 9.17) is 20.9 Å². The van der Waals surface area contributed by atoms with Gasteiger partial charge in [0, 0.05) is 43.3 Å². The number of aliphatic hydroxyl groups excluding tert-OH is 1. The number of hydrogen-bond acceptors (Lipinski definition) is 6. The van der Waals surface area contributed by atoms with Crippen molar-refractivity contribution in [2.75, 3.05) is 26.8 Å². The fourth-order valence-electron chi connectivity index (χ4n) is 2.91. The summed E-state index contributed by atoms with van der Waals surface area (Å²) in [6, 6.07) is 6.81. The van der Waals surface area contributed by atoms with Crippen molar-refractivity contribution >= 4 is 17.5 Å². The predicted octanol–water partition coefficient (Wildman–Crippen LogP) is 1.72. The number of amides is 1. The Morgan fingerprint density at radius 3 is 3.04 bits per heavy atom. The van der Waals surface area contributed by atoms with Crippen LogP contribution < -0.4 is 0 Å². The summed E-state index contributed by atoms with van der Waals surface area (Å²) in [5.74, 6) is 0.390. The Labute approximate surface area is 144 Å². The van der Waals surface area contributed by atoms with Crippen LogP contribution in [0, 0.1) is 5.92 Å². The summed E-state index contributed by atoms with van der Waals surface area (Å²) in [6.45, 7) is 1.02. The van der Waals surface area contributed by atoms with Gasteiger partial charge in [0.05, 0.1) is 5.92 Å². The van der Waals surface area contributed by atoms with Gasteiger partial charge in [-0.3, -0.25) is 4.79 Å². The second kappa shape index (κ2) is 7.29. The third-order valence-corrected chi connectivity index (χ3v) is 4.34. The summed E-state index contributed by atoms with van der Waals surface area (Å²) < 4.78 is 10.2. The van der Waals surface area contributed by atoms with Crippen LogP contribution in [0.15, 0.2) is 28.8 Å². The molecule has 128 valence electrons. The highest BCUT2D eigenvalue weighted by molar-refractivity contribution is 6.30. The number of rotatable bonds is 5. The molecule has 0 spiro atoms. The zero-order valence-corrected chi connectivity index (χ0v) is 13.9. The Kier molecular flexibility index (Phi) is 5.13. The summed E-state index contributed by atoms with van der Waals surface area (Å²) >= 11 is 5.95. The van der Waals surface area contributed by atoms with Gasteiger partial charge in [-0.2, -0.15) is 4.98 Å². The van der Waals surface area contributed by atoms with Crippen LogP contribution in [-0.2, 0) is 11.3 Å². The van der Waals surface area contributed by atoms with Gasteiger partial charge in [-0.1, -0.05) is 22.8 Å². The van der Waals surface area contributed by atoms with E-state index in [-0.39, 0.29) is 31.0 Å². The van der Waals surface area contributed by atoms with E-state index in [2.05, 4.69) is 10.1 Å². The van der Waals surface area contributed by atoms with Gasteiger partial charge in [-0.15, -0.1) is 0 Å². The number of likely N-dealkylation sites (tertiary alicyclic amines) is 1. The van der Waals surface area contributed by atoms with Crippen LogP contribution in [0.3, 0.4) is 0 Å². The lowest BCUT2D eigenvalue weighted by Crippen LogP contribution is -2.29. The maximum atomic E-state index is 12.6. The van der Waals surface area contributed by atoms with E-state index in [9.17, 15) is 9.90 Å². The van der Waals surface area contributed by atoms with Crippen molar-refractivity contribution in [1.29, 1.82) is 0 Å². The van der Waals surface area contributed by atoms with E-state index in [0.29, 0.717) is 35.4 Å². The van der Waals surface area contributed by atoms with Crippen LogP contribution in [0.5, 0.6) is 0 Å². The van der Waals surface area contributed by atoms with Gasteiger partial charge in [-0.25, -0.2) is 0 Å². The molecule has 1 fully saturated rings. The van der Waals surface area contributed by atoms with E-state index in [1.807, 2.05) is 0 Å². The molecule has 0 aliphatic carbocycles. The molecule has 1 aromatic carbocycles. The second-order valence-corrected chi connectivity index (χ2v) is 6.19. The van der Waals surface area contributed by atoms with Crippen molar-refractivity contribution in [2.45, 2.75) is 12.5 Å². The number of carbonyl (C=O) groups excluding carboxylic acids is 1. The molecule has 8 heteroatoms. The molecular weight excluding hydrogens is 334 g/mol. The molecule has 1 aromatic heterocycles. The molecule has 0 radical (unpaired) electrons. The van der Waals surface area contributed by atoms with E-state index < -0.39 is 0 Å². The molecule has 2 atom stereocenters. The number of ether oxygens (including phenoxy) is 1. The zero-order chi connectivity index (χ0) is 17.1. The number of carbonyl (C=O) groups is 1. The maximum Gasteiger partial charge on any atom is 0.253 e. The average molecular weight is 352 g/mol. The van der Waals surface area contributed by atoms with Crippen LogP contribution in [0.1, 0.15) is 28.0 Å². The summed E-state index contributed by atoms with van der Waals surface area (Å²) in [5, 5.41) is 14.0. The number of aromatic nitrogens is 2. The van der Waals surface area contributed by atoms with Crippen LogP contribution in [0.25, 0.3) is 0 Å². The van der Waals surface area contributed by atoms with E-state index in [1.165, 1.54) is 0 Å². The third-order valence-electron chi connectivity index (χ3n) is 4.11. The first-order chi connectivity index (χ1) is 11.6. The van der Waals surface area contributed by atoms with Crippen LogP contribution in [-0.4, -0.2) is 52.9 Å². The van der Waals surface area contributed by atoms with Gasteiger partial charge in [0.15, 0.2) is 5.82 Å². The fourth-order valence-corrected chi connectivity index (χ4v) is 3.10. The molecule has 7 nitrogen and oxygen atoms in total. The molecule has 0 bridgehead atoms. The number of aliphatic hydroxyl groups is 1. The quantitative estimate of drug-likeness (QED) is 0.882. The van der Waals surface area contributed by atoms with Crippen molar-refractivity contribution < 1.29 is 19.2 Å². The maximum absolute atomic E-state index is 12.6. The summed E-state index contributed by atoms with van der Waals surface area (Å²) in [6.07, 6.45) is 0. The molecule has 1 N–H and O–H groups in total. The monoisotopic (exact) mass is 351 g/mol. The van der Waals surface area contributed by atoms with Crippen LogP contribution in [0.4, 0.5) is 0 Å². The molecule has 3 rings (SSSR count). The molecule has 0 unspecified atom stereocenters. The Bertz CT molecular complexity index is 721. The van der Waals surface area contributed by atoms with Crippen LogP contribution in [0.2, 0.25) is 5.02 Å². The Balaban J connectivity index is 1.77. The van der Waals surface area contributed by atoms with Gasteiger partial charge >= 0.3 is 0 Å². The Hall–Kier alpha value is -1.96. The van der Waals surface area contributed by atoms with Crippen molar-refractivity contribution in [3.63, 3.8) is 0 Å². The largest absolute Gasteiger partial charge is 0.396 e. The minimum atomic E-state index is -0.198. The third kappa shape index (κ3) is 3.43. The van der Waals surface area contributed by atoms with Crippen molar-refractivity contribution in [2.24, 2.45) is 5.92 Å². The van der Waals surface area contributed by atoms with E-state index in [0.717, 1.165) is 0 Å². The lowest BCUT2D eigenvalue weighted by Gasteiger charge is -2.16. The minimum Gasteiger partial charge on any atom is -0.396 e. The molecule has 24 heavy (non-hydrogen) atoms. The molecule has 2 heterocycles. The van der Waals surface area contributed by atoms with Gasteiger partial charge in [0.2, 0.25) is 5.89 Å². The van der Waals surface area contributed by atoms with Gasteiger partial charge in [0.25, 0.3) is 5.91 Å². The molecule has 1 saturated heterocycles. The fraction of sp³-hybridized carbons (Fsp3) is 0.438. The van der Waals surface area contributed by atoms with Gasteiger partial charge in [-0.05, 0) is 18.2 Å². The van der Waals surface area contributed by atoms with Gasteiger partial charge < -0.3 is 19.3 Å². The molecule has 1 amide bonds. The average Bonchev–Trinajstić information content (AvgIpc) is 3.21. The Morgan fingerprint density at radius 1 is 1.50 bits per heavy atom. The molecule has 1 aliphatic heterocycles. The number of hydrogen-bond donors (Lipinski definition) is 1. The first-order valence-electron chi connectivity index (χ1n) is 7.59. The molecule has 2 aromatic rings. The number of halogens is 1. The number of methoxy groups -OCH3 is 1. The summed E-state index contributed by atoms with van der Waals surface area (Å²) in [4.78, 5) is 18.6. The minimum absolute atomic E-state index is 0.0635. The zero-order valence-electron chi connectivity index (χ0n) is 13.2. The van der Waals surface area contributed by atoms with E-state index in [1.54, 1.807) is 36.3 Å². The lowest BCUT2D eigenvalue weighted by atomic mass is 9.97. The highest BCUT2D eigenvalue weighted by atomic mass is 35.5. The number of nitrogens with zero attached hydrogens (tertiary/aromatic N) is 3. The first-order valence-corrected chi connectivity index (χ1v) is 7.97. The summed E-state index contributed by atoms with van der Waals surface area (Å²) in [7, 11) is 1.55. The normalized spacial score (nSPS) is 20.5. The van der Waals surface area contributed by atoms with Crippen molar-refractivity contribution in [3.05, 3.63) is 46.6 Å². The van der Waals surface area contributed by atoms with E-state index >= 15 is 0 Å². The summed E-state index contributed by atoms with van der Waals surface area (Å²) in [5.41, 5.74) is 0.519. The smallest absolute Gasteiger partial charge is 0.253 e. The van der Waals surface area contributed by atoms with Crippen molar-refractivity contribution in [1.82, 2.24) is 15.0 Å². The number of benzene rings is 1. The first kappa shape index (κ1) is 16.9.